The molecule has 0 aliphatic rings. The maximum absolute atomic E-state index is 5.95. The van der Waals surface area contributed by atoms with Gasteiger partial charge in [0.1, 0.15) is 0 Å². The van der Waals surface area contributed by atoms with Gasteiger partial charge in [-0.1, -0.05) is 17.7 Å². The zero-order chi connectivity index (χ0) is 11.5. The minimum absolute atomic E-state index is 0.792. The van der Waals surface area contributed by atoms with Crippen LogP contribution in [0.15, 0.2) is 30.3 Å². The molecule has 2 rings (SSSR count). The summed E-state index contributed by atoms with van der Waals surface area (Å²) in [6.45, 7) is 0.925. The molecule has 84 valence electrons. The summed E-state index contributed by atoms with van der Waals surface area (Å²) in [7, 11) is 1.96. The van der Waals surface area contributed by atoms with Gasteiger partial charge in [0.25, 0.3) is 0 Å². The lowest BCUT2D eigenvalue weighted by Crippen LogP contribution is -2.02. The summed E-state index contributed by atoms with van der Waals surface area (Å²) < 4.78 is 1.20. The first-order valence-electron chi connectivity index (χ1n) is 4.89. The van der Waals surface area contributed by atoms with E-state index in [9.17, 15) is 0 Å². The van der Waals surface area contributed by atoms with Crippen molar-refractivity contribution in [1.82, 2.24) is 5.32 Å². The van der Waals surface area contributed by atoms with E-state index in [1.165, 1.54) is 18.9 Å². The van der Waals surface area contributed by atoms with E-state index in [1.807, 2.05) is 30.5 Å². The Bertz CT molecular complexity index is 496. The van der Waals surface area contributed by atoms with Crippen LogP contribution in [0.5, 0.6) is 0 Å². The van der Waals surface area contributed by atoms with Crippen LogP contribution in [0.1, 0.15) is 4.88 Å². The molecule has 0 aliphatic carbocycles. The molecule has 0 saturated heterocycles. The van der Waals surface area contributed by atoms with Crippen molar-refractivity contribution in [3.63, 3.8) is 0 Å². The van der Waals surface area contributed by atoms with Gasteiger partial charge in [0.2, 0.25) is 0 Å². The van der Waals surface area contributed by atoms with Crippen LogP contribution in [-0.4, -0.2) is 7.05 Å². The third-order valence-corrected chi connectivity index (χ3v) is 4.46. The highest BCUT2D eigenvalue weighted by Gasteiger charge is 2.06. The molecule has 0 aliphatic heterocycles. The van der Waals surface area contributed by atoms with Gasteiger partial charge in [-0.05, 0) is 53.9 Å². The molecule has 1 aromatic heterocycles. The first kappa shape index (κ1) is 12.4. The maximum atomic E-state index is 5.95. The fourth-order valence-corrected chi connectivity index (χ4v) is 3.89. The highest BCUT2D eigenvalue weighted by atomic mass is 127. The summed E-state index contributed by atoms with van der Waals surface area (Å²) in [5.41, 5.74) is 1.26. The highest BCUT2D eigenvalue weighted by molar-refractivity contribution is 14.1. The topological polar surface area (TPSA) is 12.0 Å². The Morgan fingerprint density at radius 1 is 1.31 bits per heavy atom. The van der Waals surface area contributed by atoms with E-state index in [4.69, 9.17) is 11.6 Å². The van der Waals surface area contributed by atoms with Gasteiger partial charge in [-0.2, -0.15) is 0 Å². The van der Waals surface area contributed by atoms with Crippen LogP contribution >= 0.6 is 45.5 Å². The number of thiophene rings is 1. The van der Waals surface area contributed by atoms with Crippen molar-refractivity contribution < 1.29 is 0 Å². The molecule has 0 atom stereocenters. The van der Waals surface area contributed by atoms with Crippen LogP contribution < -0.4 is 5.32 Å². The van der Waals surface area contributed by atoms with Crippen molar-refractivity contribution in [2.45, 2.75) is 6.54 Å². The molecule has 0 fully saturated rings. The van der Waals surface area contributed by atoms with Crippen LogP contribution in [0.2, 0.25) is 5.02 Å². The first-order chi connectivity index (χ1) is 7.70. The van der Waals surface area contributed by atoms with E-state index in [0.29, 0.717) is 0 Å². The summed E-state index contributed by atoms with van der Waals surface area (Å²) in [5, 5.41) is 3.95. The Labute approximate surface area is 118 Å². The lowest BCUT2D eigenvalue weighted by atomic mass is 10.2. The third-order valence-electron chi connectivity index (χ3n) is 2.21. The molecule has 2 aromatic rings. The van der Waals surface area contributed by atoms with E-state index in [-0.39, 0.29) is 0 Å². The molecule has 0 bridgehead atoms. The molecule has 0 unspecified atom stereocenters. The molecule has 1 nitrogen and oxygen atoms in total. The van der Waals surface area contributed by atoms with Crippen LogP contribution in [0.3, 0.4) is 0 Å². The van der Waals surface area contributed by atoms with Crippen molar-refractivity contribution in [1.29, 1.82) is 0 Å². The molecule has 16 heavy (non-hydrogen) atoms. The zero-order valence-electron chi connectivity index (χ0n) is 8.76. The first-order valence-corrected chi connectivity index (χ1v) is 7.17. The lowest BCUT2D eigenvalue weighted by molar-refractivity contribution is 0.831. The number of hydrogen-bond acceptors (Lipinski definition) is 2. The predicted octanol–water partition coefficient (Wildman–Crippen LogP) is 4.39. The average molecular weight is 364 g/mol. The standard InChI is InChI=1S/C12H11ClINS/c1-15-7-9-3-5-12(16-9)10-4-2-8(13)6-11(10)14/h2-6,15H,7H2,1H3. The minimum atomic E-state index is 0.792. The van der Waals surface area contributed by atoms with Gasteiger partial charge >= 0.3 is 0 Å². The Kier molecular flexibility index (Phi) is 4.24. The quantitative estimate of drug-likeness (QED) is 0.797. The SMILES string of the molecule is CNCc1ccc(-c2ccc(Cl)cc2I)s1. The Balaban J connectivity index is 2.35. The fourth-order valence-electron chi connectivity index (χ4n) is 1.48. The number of benzene rings is 1. The third kappa shape index (κ3) is 2.77. The van der Waals surface area contributed by atoms with Gasteiger partial charge in [0.05, 0.1) is 0 Å². The molecule has 0 spiro atoms. The van der Waals surface area contributed by atoms with Gasteiger partial charge < -0.3 is 5.32 Å². The normalized spacial score (nSPS) is 10.7. The lowest BCUT2D eigenvalue weighted by Gasteiger charge is -2.01. The monoisotopic (exact) mass is 363 g/mol. The van der Waals surface area contributed by atoms with E-state index >= 15 is 0 Å². The zero-order valence-corrected chi connectivity index (χ0v) is 12.5. The molecule has 4 heteroatoms. The second-order valence-electron chi connectivity index (χ2n) is 3.42. The van der Waals surface area contributed by atoms with Crippen molar-refractivity contribution in [3.8, 4) is 10.4 Å². The van der Waals surface area contributed by atoms with Gasteiger partial charge in [-0.25, -0.2) is 0 Å². The van der Waals surface area contributed by atoms with Crippen LogP contribution in [0.4, 0.5) is 0 Å². The summed E-state index contributed by atoms with van der Waals surface area (Å²) >= 11 is 10.1. The Hall–Kier alpha value is -0.100. The Morgan fingerprint density at radius 3 is 2.81 bits per heavy atom. The minimum Gasteiger partial charge on any atom is -0.315 e. The summed E-state index contributed by atoms with van der Waals surface area (Å²) in [6, 6.07) is 10.4. The molecule has 1 aromatic carbocycles. The van der Waals surface area contributed by atoms with Crippen LogP contribution in [-0.2, 0) is 6.54 Å². The average Bonchev–Trinajstić information content (AvgIpc) is 2.67. The predicted molar refractivity (Wildman–Crippen MR) is 80.2 cm³/mol. The van der Waals surface area contributed by atoms with Gasteiger partial charge in [-0.15, -0.1) is 11.3 Å². The second-order valence-corrected chi connectivity index (χ2v) is 6.19. The molecule has 0 radical (unpaired) electrons. The number of halogens is 2. The molecular weight excluding hydrogens is 353 g/mol. The molecule has 0 amide bonds. The number of rotatable bonds is 3. The van der Waals surface area contributed by atoms with Gasteiger partial charge in [-0.3, -0.25) is 0 Å². The van der Waals surface area contributed by atoms with Crippen LogP contribution in [0.25, 0.3) is 10.4 Å². The summed E-state index contributed by atoms with van der Waals surface area (Å²) in [4.78, 5) is 2.65. The van der Waals surface area contributed by atoms with Gasteiger partial charge in [0.15, 0.2) is 0 Å². The van der Waals surface area contributed by atoms with E-state index < -0.39 is 0 Å². The molecule has 1 N–H and O–H groups in total. The fraction of sp³-hybridized carbons (Fsp3) is 0.167. The summed E-state index contributed by atoms with van der Waals surface area (Å²) in [5.74, 6) is 0. The van der Waals surface area contributed by atoms with E-state index in [0.717, 1.165) is 11.6 Å². The smallest absolute Gasteiger partial charge is 0.0416 e. The van der Waals surface area contributed by atoms with Crippen molar-refractivity contribution in [2.24, 2.45) is 0 Å². The maximum Gasteiger partial charge on any atom is 0.0416 e. The van der Waals surface area contributed by atoms with Gasteiger partial charge in [0, 0.05) is 30.5 Å². The molecule has 1 heterocycles. The largest absolute Gasteiger partial charge is 0.315 e. The second kappa shape index (κ2) is 5.49. The molecule has 0 saturated carbocycles. The molecular formula is C12H11ClINS. The van der Waals surface area contributed by atoms with Crippen molar-refractivity contribution in [2.75, 3.05) is 7.05 Å². The van der Waals surface area contributed by atoms with Crippen molar-refractivity contribution >= 4 is 45.5 Å². The number of nitrogens with one attached hydrogen (secondary N) is 1. The van der Waals surface area contributed by atoms with E-state index in [1.54, 1.807) is 0 Å². The van der Waals surface area contributed by atoms with E-state index in [2.05, 4.69) is 46.1 Å². The highest BCUT2D eigenvalue weighted by Crippen LogP contribution is 2.32. The van der Waals surface area contributed by atoms with Crippen molar-refractivity contribution in [3.05, 3.63) is 43.8 Å². The number of hydrogen-bond donors (Lipinski definition) is 1. The Morgan fingerprint density at radius 2 is 2.12 bits per heavy atom. The van der Waals surface area contributed by atoms with Crippen LogP contribution in [0, 0.1) is 3.57 Å². The summed E-state index contributed by atoms with van der Waals surface area (Å²) in [6.07, 6.45) is 0.